The summed E-state index contributed by atoms with van der Waals surface area (Å²) in [5.41, 5.74) is 9.24. The van der Waals surface area contributed by atoms with Crippen LogP contribution in [0, 0.1) is 0 Å². The van der Waals surface area contributed by atoms with Crippen LogP contribution in [0.5, 0.6) is 0 Å². The molecular weight excluding hydrogens is 629 g/mol. The second-order valence-electron chi connectivity index (χ2n) is 10.0. The molecular formula is C43H54N8. The number of hydrogen-bond acceptors (Lipinski definition) is 6. The van der Waals surface area contributed by atoms with Crippen molar-refractivity contribution in [2.24, 2.45) is 0 Å². The summed E-state index contributed by atoms with van der Waals surface area (Å²) in [6, 6.07) is 7.97. The van der Waals surface area contributed by atoms with Crippen molar-refractivity contribution >= 4 is 58.0 Å². The summed E-state index contributed by atoms with van der Waals surface area (Å²) >= 11 is 0. The summed E-state index contributed by atoms with van der Waals surface area (Å²) in [5, 5.41) is 0. The standard InChI is InChI=1S/C36H32N8.3C2H6.CH4/c1-7-15-23-21(11-5)29-37-31(23)41-32-24(16-8-2)22(12-6)30(38-32)40-35-27-19-13-14-20-28(27)36(44-35)43-34-26(18-10-4)25(17-9-3)33(39-29)42-34;3*1-2;/h7-20H,5-6H2,1-4H3,(H2,37,38,39,40,41,42,43,44);3*1-2H3;1H4/b15-7-,16-8-,17-9-,18-10-;;;;. The van der Waals surface area contributed by atoms with Crippen molar-refractivity contribution in [1.82, 2.24) is 39.9 Å². The molecule has 0 saturated carbocycles. The van der Waals surface area contributed by atoms with Crippen molar-refractivity contribution < 1.29 is 0 Å². The van der Waals surface area contributed by atoms with Crippen LogP contribution >= 0.6 is 0 Å². The van der Waals surface area contributed by atoms with Crippen LogP contribution in [0.2, 0.25) is 0 Å². The van der Waals surface area contributed by atoms with Gasteiger partial charge in [-0.2, -0.15) is 0 Å². The second kappa shape index (κ2) is 20.0. The molecule has 51 heavy (non-hydrogen) atoms. The normalized spacial score (nSPS) is 11.7. The molecule has 0 fully saturated rings. The molecule has 4 aromatic rings. The zero-order valence-corrected chi connectivity index (χ0v) is 31.2. The van der Waals surface area contributed by atoms with Gasteiger partial charge in [0.1, 0.15) is 22.6 Å². The quantitative estimate of drug-likeness (QED) is 0.184. The van der Waals surface area contributed by atoms with Crippen molar-refractivity contribution in [2.75, 3.05) is 0 Å². The van der Waals surface area contributed by atoms with E-state index in [1.165, 1.54) is 0 Å². The number of benzene rings is 1. The fourth-order valence-electron chi connectivity index (χ4n) is 5.42. The van der Waals surface area contributed by atoms with Gasteiger partial charge in [0.25, 0.3) is 0 Å². The molecule has 2 aliphatic rings. The minimum atomic E-state index is 0. The van der Waals surface area contributed by atoms with Crippen LogP contribution in [-0.2, 0) is 0 Å². The highest BCUT2D eigenvalue weighted by molar-refractivity contribution is 5.99. The Balaban J connectivity index is 0.00000122. The number of nitrogens with zero attached hydrogens (tertiary/aromatic N) is 6. The Bertz CT molecular complexity index is 2150. The molecule has 0 radical (unpaired) electrons. The van der Waals surface area contributed by atoms with Crippen LogP contribution in [0.1, 0.15) is 111 Å². The van der Waals surface area contributed by atoms with E-state index in [-0.39, 0.29) is 7.43 Å². The van der Waals surface area contributed by atoms with Crippen molar-refractivity contribution in [3.63, 3.8) is 0 Å². The number of rotatable bonds is 6. The first-order chi connectivity index (χ1) is 24.5. The highest BCUT2D eigenvalue weighted by Gasteiger charge is 2.22. The molecule has 0 saturated heterocycles. The molecule has 0 unspecified atom stereocenters. The smallest absolute Gasteiger partial charge is 0.164 e. The fourth-order valence-corrected chi connectivity index (χ4v) is 5.42. The minimum Gasteiger partial charge on any atom is -0.324 e. The van der Waals surface area contributed by atoms with E-state index >= 15 is 0 Å². The Morgan fingerprint density at radius 1 is 0.451 bits per heavy atom. The predicted molar refractivity (Wildman–Crippen MR) is 223 cm³/mol. The second-order valence-corrected chi connectivity index (χ2v) is 10.0. The molecule has 8 heteroatoms. The lowest BCUT2D eigenvalue weighted by Crippen LogP contribution is -1.88. The Morgan fingerprint density at radius 3 is 1.20 bits per heavy atom. The highest BCUT2D eigenvalue weighted by atomic mass is 15.1. The van der Waals surface area contributed by atoms with Gasteiger partial charge in [-0.05, 0) is 27.7 Å². The fraction of sp³-hybridized carbons (Fsp3) is 0.256. The Labute approximate surface area is 304 Å². The van der Waals surface area contributed by atoms with E-state index < -0.39 is 0 Å². The molecule has 0 aliphatic carbocycles. The molecule has 6 rings (SSSR count). The SMILES string of the molecule is C.C=CC1=C(/C=C\C)c2nc1nc1[nH]c(nc3nc(nc4[nH]c(n2)c(/C=C\C)c4C=C)-c2ccccc2-3)c(/C=C\C)c1/C=C\C.CC.CC.CC. The molecule has 8 bridgehead atoms. The van der Waals surface area contributed by atoms with E-state index in [1.807, 2.05) is 142 Å². The van der Waals surface area contributed by atoms with Gasteiger partial charge in [-0.15, -0.1) is 0 Å². The number of nitrogens with one attached hydrogen (secondary N) is 2. The van der Waals surface area contributed by atoms with E-state index in [0.717, 1.165) is 44.5 Å². The Morgan fingerprint density at radius 2 is 0.804 bits per heavy atom. The molecule has 0 spiro atoms. The number of aromatic nitrogens is 8. The lowest BCUT2D eigenvalue weighted by molar-refractivity contribution is 1.12. The van der Waals surface area contributed by atoms with E-state index in [2.05, 4.69) is 23.1 Å². The highest BCUT2D eigenvalue weighted by Crippen LogP contribution is 2.35. The van der Waals surface area contributed by atoms with Crippen molar-refractivity contribution in [3.05, 3.63) is 108 Å². The summed E-state index contributed by atoms with van der Waals surface area (Å²) in [6.45, 7) is 28.0. The molecule has 0 atom stereocenters. The molecule has 266 valence electrons. The van der Waals surface area contributed by atoms with Gasteiger partial charge in [-0.1, -0.05) is 147 Å². The van der Waals surface area contributed by atoms with Crippen LogP contribution in [-0.4, -0.2) is 39.9 Å². The molecule has 3 aromatic heterocycles. The van der Waals surface area contributed by atoms with Gasteiger partial charge in [0.15, 0.2) is 23.3 Å². The Kier molecular flexibility index (Phi) is 16.3. The zero-order chi connectivity index (χ0) is 36.8. The van der Waals surface area contributed by atoms with Crippen LogP contribution in [0.25, 0.3) is 80.8 Å². The molecule has 0 amide bonds. The first kappa shape index (κ1) is 41.4. The third-order valence-corrected chi connectivity index (χ3v) is 7.29. The molecule has 5 heterocycles. The van der Waals surface area contributed by atoms with E-state index in [4.69, 9.17) is 29.9 Å². The van der Waals surface area contributed by atoms with Crippen molar-refractivity contribution in [3.8, 4) is 22.8 Å². The van der Waals surface area contributed by atoms with Gasteiger partial charge in [-0.3, -0.25) is 0 Å². The summed E-state index contributed by atoms with van der Waals surface area (Å²) < 4.78 is 0. The maximum absolute atomic E-state index is 5.06. The van der Waals surface area contributed by atoms with Crippen LogP contribution in [0.4, 0.5) is 0 Å². The van der Waals surface area contributed by atoms with E-state index in [0.29, 0.717) is 45.9 Å². The average molecular weight is 683 g/mol. The van der Waals surface area contributed by atoms with Crippen LogP contribution < -0.4 is 0 Å². The number of H-pyrrole nitrogens is 2. The molecule has 2 aliphatic heterocycles. The van der Waals surface area contributed by atoms with Crippen molar-refractivity contribution in [1.29, 1.82) is 0 Å². The van der Waals surface area contributed by atoms with E-state index in [9.17, 15) is 0 Å². The van der Waals surface area contributed by atoms with Gasteiger partial charge in [-0.25, -0.2) is 29.9 Å². The lowest BCUT2D eigenvalue weighted by atomic mass is 10.1. The first-order valence-corrected chi connectivity index (χ1v) is 17.5. The molecule has 8 nitrogen and oxygen atoms in total. The first-order valence-electron chi connectivity index (χ1n) is 17.5. The molecule has 2 N–H and O–H groups in total. The maximum Gasteiger partial charge on any atom is 0.164 e. The third kappa shape index (κ3) is 8.35. The molecule has 1 aromatic carbocycles. The van der Waals surface area contributed by atoms with Crippen LogP contribution in [0.15, 0.2) is 73.9 Å². The topological polar surface area (TPSA) is 109 Å². The van der Waals surface area contributed by atoms with Crippen LogP contribution in [0.3, 0.4) is 0 Å². The third-order valence-electron chi connectivity index (χ3n) is 7.29. The Hall–Kier alpha value is -5.76. The maximum atomic E-state index is 5.06. The lowest BCUT2D eigenvalue weighted by Gasteiger charge is -1.97. The minimum absolute atomic E-state index is 0. The number of aromatic amines is 2. The number of fused-ring (bicyclic) bond motifs is 11. The van der Waals surface area contributed by atoms with Crippen molar-refractivity contribution in [2.45, 2.75) is 76.7 Å². The summed E-state index contributed by atoms with van der Waals surface area (Å²) in [4.78, 5) is 36.9. The average Bonchev–Trinajstić information content (AvgIpc) is 3.86. The summed E-state index contributed by atoms with van der Waals surface area (Å²) in [7, 11) is 0. The van der Waals surface area contributed by atoms with E-state index in [1.54, 1.807) is 12.2 Å². The van der Waals surface area contributed by atoms with Gasteiger partial charge in [0, 0.05) is 44.5 Å². The van der Waals surface area contributed by atoms with Gasteiger partial charge in [0.2, 0.25) is 0 Å². The van der Waals surface area contributed by atoms with Gasteiger partial charge < -0.3 is 9.97 Å². The van der Waals surface area contributed by atoms with Gasteiger partial charge >= 0.3 is 0 Å². The summed E-state index contributed by atoms with van der Waals surface area (Å²) in [6.07, 6.45) is 19.4. The zero-order valence-electron chi connectivity index (χ0n) is 31.2. The van der Waals surface area contributed by atoms with Gasteiger partial charge in [0.05, 0.1) is 0 Å². The number of allylic oxidation sites excluding steroid dienone is 8. The summed E-state index contributed by atoms with van der Waals surface area (Å²) in [5.74, 6) is 2.11. The largest absolute Gasteiger partial charge is 0.324 e. The monoisotopic (exact) mass is 682 g/mol. The number of hydrogen-bond donors (Lipinski definition) is 2. The predicted octanol–water partition coefficient (Wildman–Crippen LogP) is 12.4.